The average molecular weight is 194 g/mol. The van der Waals surface area contributed by atoms with Gasteiger partial charge in [0.15, 0.2) is 5.34 Å². The third kappa shape index (κ3) is 2.95. The second-order valence-corrected chi connectivity index (χ2v) is 2.78. The van der Waals surface area contributed by atoms with Crippen molar-refractivity contribution in [2.45, 2.75) is 12.5 Å². The second kappa shape index (κ2) is 5.08. The normalized spacial score (nSPS) is 11.8. The van der Waals surface area contributed by atoms with Crippen molar-refractivity contribution in [2.75, 3.05) is 0 Å². The molecule has 0 unspecified atom stereocenters. The topological polar surface area (TPSA) is 81.8 Å². The van der Waals surface area contributed by atoms with E-state index >= 15 is 0 Å². The summed E-state index contributed by atoms with van der Waals surface area (Å²) in [6.45, 7) is 0. The van der Waals surface area contributed by atoms with Crippen molar-refractivity contribution < 1.29 is 9.63 Å². The molecule has 0 fully saturated rings. The molecule has 0 radical (unpaired) electrons. The van der Waals surface area contributed by atoms with Crippen molar-refractivity contribution in [1.29, 1.82) is 0 Å². The number of hydrogen-bond acceptors (Lipinski definition) is 5. The van der Waals surface area contributed by atoms with Crippen LogP contribution in [0.4, 0.5) is 0 Å². The summed E-state index contributed by atoms with van der Waals surface area (Å²) >= 11 is 0. The Morgan fingerprint density at radius 3 is 2.64 bits per heavy atom. The lowest BCUT2D eigenvalue weighted by atomic mass is 10.1. The van der Waals surface area contributed by atoms with Crippen LogP contribution >= 0.6 is 0 Å². The number of nitrogens with zero attached hydrogens (tertiary/aromatic N) is 1. The zero-order chi connectivity index (χ0) is 10.4. The van der Waals surface area contributed by atoms with Gasteiger partial charge in [-0.2, -0.15) is 0 Å². The average Bonchev–Trinajstić information content (AvgIpc) is 2.19. The Kier molecular flexibility index (Phi) is 3.75. The first-order chi connectivity index (χ1) is 6.74. The summed E-state index contributed by atoms with van der Waals surface area (Å²) in [5.41, 5.74) is 6.37. The first kappa shape index (κ1) is 10.3. The number of carbonyl (C=O) groups is 1. The molecule has 0 aliphatic heterocycles. The molecular weight excluding hydrogens is 184 g/mol. The van der Waals surface area contributed by atoms with Gasteiger partial charge in [0.05, 0.1) is 0 Å². The van der Waals surface area contributed by atoms with Crippen molar-refractivity contribution >= 4 is 5.97 Å². The number of carbonyl (C=O) groups excluding carboxylic acids is 1. The summed E-state index contributed by atoms with van der Waals surface area (Å²) in [7, 11) is 0. The molecule has 0 aliphatic carbocycles. The molecule has 0 spiro atoms. The molecule has 0 bridgehead atoms. The van der Waals surface area contributed by atoms with E-state index < -0.39 is 12.0 Å². The molecule has 1 aromatic rings. The Labute approximate surface area is 80.8 Å². The Balaban J connectivity index is 2.52. The highest BCUT2D eigenvalue weighted by Gasteiger charge is 2.16. The molecule has 5 nitrogen and oxygen atoms in total. The van der Waals surface area contributed by atoms with Gasteiger partial charge in [-0.05, 0) is 12.0 Å². The SMILES string of the molecule is N[C@@H](Cc1ccccc1)C(=O)ON=O. The van der Waals surface area contributed by atoms with Gasteiger partial charge in [0, 0.05) is 0 Å². The zero-order valence-electron chi connectivity index (χ0n) is 7.42. The Bertz CT molecular complexity index is 313. The van der Waals surface area contributed by atoms with Crippen molar-refractivity contribution in [3.8, 4) is 0 Å². The number of benzene rings is 1. The van der Waals surface area contributed by atoms with Gasteiger partial charge < -0.3 is 5.73 Å². The van der Waals surface area contributed by atoms with Crippen LogP contribution < -0.4 is 5.73 Å². The van der Waals surface area contributed by atoms with Gasteiger partial charge in [0.1, 0.15) is 6.04 Å². The van der Waals surface area contributed by atoms with Crippen LogP contribution in [0.3, 0.4) is 0 Å². The number of hydrogen-bond donors (Lipinski definition) is 1. The van der Waals surface area contributed by atoms with E-state index in [0.717, 1.165) is 5.56 Å². The van der Waals surface area contributed by atoms with Gasteiger partial charge in [-0.3, -0.25) is 4.84 Å². The lowest BCUT2D eigenvalue weighted by molar-refractivity contribution is -0.145. The standard InChI is InChI=1S/C9H10N2O3/c10-8(9(12)14-11-13)6-7-4-2-1-3-5-7/h1-5,8H,6,10H2/t8-/m0/s1. The Hall–Kier alpha value is -1.75. The fraction of sp³-hybridized carbons (Fsp3) is 0.222. The molecule has 2 N–H and O–H groups in total. The van der Waals surface area contributed by atoms with Gasteiger partial charge in [0.25, 0.3) is 0 Å². The lowest BCUT2D eigenvalue weighted by Gasteiger charge is -2.06. The quantitative estimate of drug-likeness (QED) is 0.567. The Morgan fingerprint density at radius 1 is 1.43 bits per heavy atom. The Morgan fingerprint density at radius 2 is 2.07 bits per heavy atom. The molecule has 0 saturated heterocycles. The zero-order valence-corrected chi connectivity index (χ0v) is 7.42. The summed E-state index contributed by atoms with van der Waals surface area (Å²) in [4.78, 5) is 24.4. The highest BCUT2D eigenvalue weighted by Crippen LogP contribution is 2.02. The highest BCUT2D eigenvalue weighted by atomic mass is 16.7. The predicted octanol–water partition coefficient (Wildman–Crippen LogP) is 0.781. The van der Waals surface area contributed by atoms with Crippen LogP contribution in [-0.2, 0) is 16.1 Å². The first-order valence-electron chi connectivity index (χ1n) is 4.07. The molecule has 0 aromatic heterocycles. The van der Waals surface area contributed by atoms with Gasteiger partial charge >= 0.3 is 5.97 Å². The minimum absolute atomic E-state index is 0.329. The minimum atomic E-state index is -0.852. The smallest absolute Gasteiger partial charge is 0.318 e. The molecule has 0 aliphatic rings. The van der Waals surface area contributed by atoms with Crippen LogP contribution in [-0.4, -0.2) is 12.0 Å². The van der Waals surface area contributed by atoms with Crippen molar-refractivity contribution in [2.24, 2.45) is 11.1 Å². The van der Waals surface area contributed by atoms with Gasteiger partial charge in [-0.1, -0.05) is 30.3 Å². The molecule has 0 amide bonds. The monoisotopic (exact) mass is 194 g/mol. The van der Waals surface area contributed by atoms with E-state index in [9.17, 15) is 9.70 Å². The minimum Gasteiger partial charge on any atom is -0.318 e. The molecular formula is C9H10N2O3. The van der Waals surface area contributed by atoms with Crippen LogP contribution in [0.15, 0.2) is 35.7 Å². The second-order valence-electron chi connectivity index (χ2n) is 2.78. The molecule has 1 rings (SSSR count). The molecule has 1 atom stereocenters. The third-order valence-corrected chi connectivity index (χ3v) is 1.73. The van der Waals surface area contributed by atoms with E-state index in [1.807, 2.05) is 35.7 Å². The van der Waals surface area contributed by atoms with Crippen LogP contribution in [0.2, 0.25) is 0 Å². The van der Waals surface area contributed by atoms with Gasteiger partial charge in [0.2, 0.25) is 0 Å². The van der Waals surface area contributed by atoms with Crippen LogP contribution in [0.5, 0.6) is 0 Å². The summed E-state index contributed by atoms with van der Waals surface area (Å²) in [6.07, 6.45) is 0.329. The van der Waals surface area contributed by atoms with Crippen molar-refractivity contribution in [1.82, 2.24) is 0 Å². The van der Waals surface area contributed by atoms with E-state index in [-0.39, 0.29) is 0 Å². The summed E-state index contributed by atoms with van der Waals surface area (Å²) in [6, 6.07) is 8.36. The predicted molar refractivity (Wildman–Crippen MR) is 50.0 cm³/mol. The summed E-state index contributed by atoms with van der Waals surface area (Å²) in [5.74, 6) is -0.816. The largest absolute Gasteiger partial charge is 0.355 e. The van der Waals surface area contributed by atoms with E-state index in [2.05, 4.69) is 4.84 Å². The van der Waals surface area contributed by atoms with Crippen LogP contribution in [0.1, 0.15) is 5.56 Å². The molecule has 1 aromatic carbocycles. The fourth-order valence-electron chi connectivity index (χ4n) is 1.06. The van der Waals surface area contributed by atoms with Crippen molar-refractivity contribution in [3.05, 3.63) is 40.8 Å². The summed E-state index contributed by atoms with van der Waals surface area (Å²) < 4.78 is 0. The molecule has 5 heteroatoms. The molecule has 0 saturated carbocycles. The first-order valence-corrected chi connectivity index (χ1v) is 4.07. The van der Waals surface area contributed by atoms with Gasteiger partial charge in [-0.15, -0.1) is 4.91 Å². The maximum atomic E-state index is 10.9. The van der Waals surface area contributed by atoms with Gasteiger partial charge in [-0.25, -0.2) is 4.79 Å². The van der Waals surface area contributed by atoms with Crippen LogP contribution in [0, 0.1) is 4.91 Å². The van der Waals surface area contributed by atoms with Crippen LogP contribution in [0.25, 0.3) is 0 Å². The molecule has 14 heavy (non-hydrogen) atoms. The highest BCUT2D eigenvalue weighted by molar-refractivity contribution is 5.75. The van der Waals surface area contributed by atoms with E-state index in [4.69, 9.17) is 5.73 Å². The maximum Gasteiger partial charge on any atom is 0.355 e. The number of rotatable bonds is 4. The lowest BCUT2D eigenvalue weighted by Crippen LogP contribution is -2.33. The third-order valence-electron chi connectivity index (χ3n) is 1.73. The number of nitrogens with two attached hydrogens (primary N) is 1. The van der Waals surface area contributed by atoms with E-state index in [1.165, 1.54) is 0 Å². The molecule has 0 heterocycles. The summed E-state index contributed by atoms with van der Waals surface area (Å²) in [5, 5.41) is 2.02. The van der Waals surface area contributed by atoms with E-state index in [0.29, 0.717) is 6.42 Å². The van der Waals surface area contributed by atoms with E-state index in [1.54, 1.807) is 0 Å². The van der Waals surface area contributed by atoms with Crippen molar-refractivity contribution in [3.63, 3.8) is 0 Å². The maximum absolute atomic E-state index is 10.9. The fourth-order valence-corrected chi connectivity index (χ4v) is 1.06. The molecule has 74 valence electrons.